The van der Waals surface area contributed by atoms with Crippen LogP contribution in [0.3, 0.4) is 0 Å². The van der Waals surface area contributed by atoms with Crippen molar-refractivity contribution in [2.75, 3.05) is 26.8 Å². The third-order valence-electron chi connectivity index (χ3n) is 5.40. The fraction of sp³-hybridized carbons (Fsp3) is 0.360. The summed E-state index contributed by atoms with van der Waals surface area (Å²) in [5, 5.41) is 0.360. The SMILES string of the molecule is COc1ccc(Oc2c(C)oc3cc(OCC(=O)N4CC(C)OC(C)C4)ccc3c2=O)cc1. The Hall–Kier alpha value is -3.52. The maximum atomic E-state index is 13.0. The molecule has 0 aliphatic carbocycles. The highest BCUT2D eigenvalue weighted by molar-refractivity contribution is 5.80. The van der Waals surface area contributed by atoms with E-state index in [9.17, 15) is 9.59 Å². The normalized spacial score (nSPS) is 18.2. The Morgan fingerprint density at radius 1 is 1.03 bits per heavy atom. The standard InChI is InChI=1S/C25H27NO7/c1-15-12-26(13-16(2)31-15)23(27)14-30-20-9-10-21-22(11-20)32-17(3)25(24(21)28)33-19-7-5-18(29-4)6-8-19/h5-11,15-16H,12-14H2,1-4H3. The van der Waals surface area contributed by atoms with Crippen molar-refractivity contribution in [2.45, 2.75) is 33.0 Å². The first-order chi connectivity index (χ1) is 15.8. The number of carbonyl (C=O) groups excluding carboxylic acids is 1. The van der Waals surface area contributed by atoms with Crippen LogP contribution >= 0.6 is 0 Å². The van der Waals surface area contributed by atoms with Crippen molar-refractivity contribution in [3.05, 3.63) is 58.4 Å². The highest BCUT2D eigenvalue weighted by Crippen LogP contribution is 2.28. The molecule has 0 bridgehead atoms. The van der Waals surface area contributed by atoms with Crippen molar-refractivity contribution >= 4 is 16.9 Å². The Labute approximate surface area is 191 Å². The van der Waals surface area contributed by atoms with Gasteiger partial charge in [-0.05, 0) is 57.2 Å². The van der Waals surface area contributed by atoms with E-state index in [1.54, 1.807) is 61.4 Å². The largest absolute Gasteiger partial charge is 0.497 e. The molecule has 2 heterocycles. The lowest BCUT2D eigenvalue weighted by molar-refractivity contribution is -0.145. The number of hydrogen-bond acceptors (Lipinski definition) is 7. The fourth-order valence-electron chi connectivity index (χ4n) is 3.86. The van der Waals surface area contributed by atoms with Gasteiger partial charge in [0.25, 0.3) is 5.91 Å². The van der Waals surface area contributed by atoms with E-state index in [-0.39, 0.29) is 35.9 Å². The maximum absolute atomic E-state index is 13.0. The molecular formula is C25H27NO7. The van der Waals surface area contributed by atoms with Gasteiger partial charge in [-0.1, -0.05) is 0 Å². The van der Waals surface area contributed by atoms with Crippen LogP contribution in [-0.4, -0.2) is 49.8 Å². The van der Waals surface area contributed by atoms with Crippen LogP contribution in [0.1, 0.15) is 19.6 Å². The Morgan fingerprint density at radius 2 is 1.67 bits per heavy atom. The van der Waals surface area contributed by atoms with Crippen LogP contribution in [0.25, 0.3) is 11.0 Å². The predicted octanol–water partition coefficient (Wildman–Crippen LogP) is 3.92. The van der Waals surface area contributed by atoms with Gasteiger partial charge in [-0.25, -0.2) is 0 Å². The number of carbonyl (C=O) groups is 1. The molecule has 4 rings (SSSR count). The monoisotopic (exact) mass is 453 g/mol. The molecule has 0 radical (unpaired) electrons. The summed E-state index contributed by atoms with van der Waals surface area (Å²) in [4.78, 5) is 27.3. The highest BCUT2D eigenvalue weighted by Gasteiger charge is 2.26. The summed E-state index contributed by atoms with van der Waals surface area (Å²) in [5.41, 5.74) is 0.0710. The van der Waals surface area contributed by atoms with E-state index < -0.39 is 0 Å². The number of methoxy groups -OCH3 is 1. The molecule has 1 aliphatic rings. The predicted molar refractivity (Wildman–Crippen MR) is 122 cm³/mol. The molecule has 174 valence electrons. The molecule has 1 fully saturated rings. The molecule has 0 N–H and O–H groups in total. The molecule has 2 atom stereocenters. The third kappa shape index (κ3) is 5.12. The highest BCUT2D eigenvalue weighted by atomic mass is 16.5. The first kappa shape index (κ1) is 22.7. The lowest BCUT2D eigenvalue weighted by Crippen LogP contribution is -2.49. The number of hydrogen-bond donors (Lipinski definition) is 0. The lowest BCUT2D eigenvalue weighted by atomic mass is 10.2. The smallest absolute Gasteiger partial charge is 0.260 e. The van der Waals surface area contributed by atoms with Crippen LogP contribution in [0.5, 0.6) is 23.0 Å². The van der Waals surface area contributed by atoms with Crippen molar-refractivity contribution in [2.24, 2.45) is 0 Å². The van der Waals surface area contributed by atoms with E-state index >= 15 is 0 Å². The van der Waals surface area contributed by atoms with Gasteiger partial charge in [0.2, 0.25) is 11.2 Å². The minimum atomic E-state index is -0.288. The summed E-state index contributed by atoms with van der Waals surface area (Å²) in [6.45, 7) is 6.52. The molecule has 1 saturated heterocycles. The summed E-state index contributed by atoms with van der Waals surface area (Å²) in [5.74, 6) is 1.97. The van der Waals surface area contributed by atoms with Gasteiger partial charge in [-0.2, -0.15) is 0 Å². The minimum absolute atomic E-state index is 0.00931. The number of fused-ring (bicyclic) bond motifs is 1. The van der Waals surface area contributed by atoms with Crippen LogP contribution < -0.4 is 19.6 Å². The van der Waals surface area contributed by atoms with Gasteiger partial charge in [-0.15, -0.1) is 0 Å². The Morgan fingerprint density at radius 3 is 2.33 bits per heavy atom. The van der Waals surface area contributed by atoms with E-state index in [4.69, 9.17) is 23.4 Å². The van der Waals surface area contributed by atoms with Gasteiger partial charge in [0, 0.05) is 19.2 Å². The van der Waals surface area contributed by atoms with Gasteiger partial charge in [0.15, 0.2) is 6.61 Å². The quantitative estimate of drug-likeness (QED) is 0.559. The van der Waals surface area contributed by atoms with Gasteiger partial charge < -0.3 is 28.3 Å². The second kappa shape index (κ2) is 9.54. The van der Waals surface area contributed by atoms with Crippen molar-refractivity contribution in [1.29, 1.82) is 0 Å². The van der Waals surface area contributed by atoms with Crippen molar-refractivity contribution in [3.8, 4) is 23.0 Å². The van der Waals surface area contributed by atoms with E-state index in [0.29, 0.717) is 47.1 Å². The number of aryl methyl sites for hydroxylation is 1. The molecule has 2 aromatic carbocycles. The van der Waals surface area contributed by atoms with E-state index in [2.05, 4.69) is 0 Å². The van der Waals surface area contributed by atoms with Crippen molar-refractivity contribution < 1.29 is 28.2 Å². The molecule has 8 heteroatoms. The zero-order valence-electron chi connectivity index (χ0n) is 19.1. The zero-order valence-corrected chi connectivity index (χ0v) is 19.1. The van der Waals surface area contributed by atoms with Crippen molar-refractivity contribution in [1.82, 2.24) is 4.90 Å². The van der Waals surface area contributed by atoms with E-state index in [1.807, 2.05) is 13.8 Å². The second-order valence-electron chi connectivity index (χ2n) is 8.10. The first-order valence-electron chi connectivity index (χ1n) is 10.8. The second-order valence-corrected chi connectivity index (χ2v) is 8.10. The summed E-state index contributed by atoms with van der Waals surface area (Å²) < 4.78 is 28.1. The lowest BCUT2D eigenvalue weighted by Gasteiger charge is -2.35. The Balaban J connectivity index is 1.49. The Kier molecular flexibility index (Phi) is 6.55. The van der Waals surface area contributed by atoms with Gasteiger partial charge in [-0.3, -0.25) is 9.59 Å². The van der Waals surface area contributed by atoms with Crippen LogP contribution in [-0.2, 0) is 9.53 Å². The van der Waals surface area contributed by atoms with Crippen LogP contribution in [0.15, 0.2) is 51.7 Å². The average Bonchev–Trinajstić information content (AvgIpc) is 2.79. The Bertz CT molecular complexity index is 1190. The number of amides is 1. The summed E-state index contributed by atoms with van der Waals surface area (Å²) in [6.07, 6.45) is -0.0186. The molecule has 1 amide bonds. The van der Waals surface area contributed by atoms with E-state index in [1.165, 1.54) is 0 Å². The first-order valence-corrected chi connectivity index (χ1v) is 10.8. The molecule has 3 aromatic rings. The number of nitrogens with zero attached hydrogens (tertiary/aromatic N) is 1. The topological polar surface area (TPSA) is 87.4 Å². The molecular weight excluding hydrogens is 426 g/mol. The zero-order chi connectivity index (χ0) is 23.5. The molecule has 0 saturated carbocycles. The molecule has 2 unspecified atom stereocenters. The third-order valence-corrected chi connectivity index (χ3v) is 5.40. The average molecular weight is 453 g/mol. The number of benzene rings is 2. The molecule has 33 heavy (non-hydrogen) atoms. The number of ether oxygens (including phenoxy) is 4. The van der Waals surface area contributed by atoms with Crippen LogP contribution in [0.4, 0.5) is 0 Å². The molecule has 0 spiro atoms. The summed E-state index contributed by atoms with van der Waals surface area (Å²) in [7, 11) is 1.58. The van der Waals surface area contributed by atoms with Gasteiger partial charge in [0.1, 0.15) is 28.6 Å². The van der Waals surface area contributed by atoms with Crippen LogP contribution in [0.2, 0.25) is 0 Å². The minimum Gasteiger partial charge on any atom is -0.497 e. The van der Waals surface area contributed by atoms with Gasteiger partial charge in [0.05, 0.1) is 24.7 Å². The molecule has 1 aliphatic heterocycles. The van der Waals surface area contributed by atoms with E-state index in [0.717, 1.165) is 0 Å². The number of morpholine rings is 1. The number of rotatable bonds is 6. The van der Waals surface area contributed by atoms with Gasteiger partial charge >= 0.3 is 0 Å². The van der Waals surface area contributed by atoms with Crippen LogP contribution in [0, 0.1) is 6.92 Å². The maximum Gasteiger partial charge on any atom is 0.260 e. The van der Waals surface area contributed by atoms with Crippen molar-refractivity contribution in [3.63, 3.8) is 0 Å². The molecule has 8 nitrogen and oxygen atoms in total. The summed E-state index contributed by atoms with van der Waals surface area (Å²) in [6, 6.07) is 11.8. The fourth-order valence-corrected chi connectivity index (χ4v) is 3.86. The molecule has 1 aromatic heterocycles. The summed E-state index contributed by atoms with van der Waals surface area (Å²) >= 11 is 0.